The second kappa shape index (κ2) is 4.58. The lowest BCUT2D eigenvalue weighted by atomic mass is 10.1. The van der Waals surface area contributed by atoms with Crippen molar-refractivity contribution in [2.45, 2.75) is 26.2 Å². The van der Waals surface area contributed by atoms with Crippen LogP contribution in [-0.2, 0) is 6.42 Å². The molecule has 1 aliphatic rings. The molecule has 0 aliphatic carbocycles. The third-order valence-corrected chi connectivity index (χ3v) is 2.45. The van der Waals surface area contributed by atoms with Gasteiger partial charge in [-0.15, -0.1) is 0 Å². The normalized spacial score (nSPS) is 13.6. The average Bonchev–Trinajstić information content (AvgIpc) is 2.26. The highest BCUT2D eigenvalue weighted by atomic mass is 35.5. The fraction of sp³-hybridized carbons (Fsp3) is 0.333. The van der Waals surface area contributed by atoms with Gasteiger partial charge < -0.3 is 9.47 Å². The van der Waals surface area contributed by atoms with Crippen molar-refractivity contribution in [2.24, 2.45) is 0 Å². The first-order valence-electron chi connectivity index (χ1n) is 5.06. The van der Waals surface area contributed by atoms with Crippen LogP contribution in [-0.4, -0.2) is 0 Å². The summed E-state index contributed by atoms with van der Waals surface area (Å²) in [6.07, 6.45) is 5.74. The third kappa shape index (κ3) is 2.26. The maximum atomic E-state index is 5.71. The predicted octanol–water partition coefficient (Wildman–Crippen LogP) is 3.64. The highest BCUT2D eigenvalue weighted by Gasteiger charge is 2.16. The van der Waals surface area contributed by atoms with Gasteiger partial charge in [-0.3, -0.25) is 0 Å². The van der Waals surface area contributed by atoms with Crippen molar-refractivity contribution in [2.75, 3.05) is 0 Å². The van der Waals surface area contributed by atoms with Crippen LogP contribution in [0.1, 0.15) is 25.3 Å². The van der Waals surface area contributed by atoms with E-state index in [1.54, 1.807) is 0 Å². The summed E-state index contributed by atoms with van der Waals surface area (Å²) < 4.78 is 10.6. The Morgan fingerprint density at radius 2 is 2.27 bits per heavy atom. The molecule has 0 saturated carbocycles. The molecule has 79 valence electrons. The number of aryl methyl sites for hydroxylation is 1. The quantitative estimate of drug-likeness (QED) is 0.779. The molecule has 1 radical (unpaired) electrons. The van der Waals surface area contributed by atoms with Crippen LogP contribution in [0.25, 0.3) is 0 Å². The van der Waals surface area contributed by atoms with Crippen molar-refractivity contribution in [3.05, 3.63) is 35.2 Å². The maximum absolute atomic E-state index is 5.71. The van der Waals surface area contributed by atoms with Crippen molar-refractivity contribution >= 4 is 11.6 Å². The SMILES string of the molecule is CCCCc1cccc2c1OC(Cl)=[C]O2. The van der Waals surface area contributed by atoms with Gasteiger partial charge in [-0.25, -0.2) is 0 Å². The fourth-order valence-corrected chi connectivity index (χ4v) is 1.64. The Balaban J connectivity index is 2.26. The zero-order valence-electron chi connectivity index (χ0n) is 8.55. The van der Waals surface area contributed by atoms with Gasteiger partial charge in [0.1, 0.15) is 0 Å². The Bertz CT molecular complexity index is 385. The number of hydrogen-bond donors (Lipinski definition) is 0. The van der Waals surface area contributed by atoms with Gasteiger partial charge in [0.25, 0.3) is 0 Å². The lowest BCUT2D eigenvalue weighted by Gasteiger charge is -2.16. The van der Waals surface area contributed by atoms with E-state index in [0.29, 0.717) is 5.75 Å². The van der Waals surface area contributed by atoms with E-state index in [1.807, 2.05) is 18.2 Å². The van der Waals surface area contributed by atoms with Crippen LogP contribution < -0.4 is 9.47 Å². The lowest BCUT2D eigenvalue weighted by Crippen LogP contribution is -2.04. The van der Waals surface area contributed by atoms with Crippen molar-refractivity contribution in [1.29, 1.82) is 0 Å². The van der Waals surface area contributed by atoms with Crippen molar-refractivity contribution in [1.82, 2.24) is 0 Å². The molecule has 2 nitrogen and oxygen atoms in total. The number of hydrogen-bond acceptors (Lipinski definition) is 2. The van der Waals surface area contributed by atoms with Gasteiger partial charge in [0.2, 0.25) is 11.5 Å². The van der Waals surface area contributed by atoms with E-state index in [2.05, 4.69) is 13.2 Å². The number of benzene rings is 1. The van der Waals surface area contributed by atoms with Gasteiger partial charge in [0.15, 0.2) is 11.5 Å². The van der Waals surface area contributed by atoms with Crippen molar-refractivity contribution < 1.29 is 9.47 Å². The summed E-state index contributed by atoms with van der Waals surface area (Å²) in [5, 5.41) is 0.159. The van der Waals surface area contributed by atoms with Crippen LogP contribution >= 0.6 is 11.6 Å². The average molecular weight is 224 g/mol. The monoisotopic (exact) mass is 223 g/mol. The molecule has 0 aromatic heterocycles. The minimum absolute atomic E-state index is 0.159. The number of fused-ring (bicyclic) bond motifs is 1. The third-order valence-electron chi connectivity index (χ3n) is 2.29. The van der Waals surface area contributed by atoms with E-state index >= 15 is 0 Å². The summed E-state index contributed by atoms with van der Waals surface area (Å²) >= 11 is 5.71. The Morgan fingerprint density at radius 3 is 3.07 bits per heavy atom. The molecular weight excluding hydrogens is 212 g/mol. The van der Waals surface area contributed by atoms with E-state index in [0.717, 1.165) is 30.6 Å². The molecule has 1 aliphatic heterocycles. The number of ether oxygens (including phenoxy) is 2. The summed E-state index contributed by atoms with van der Waals surface area (Å²) in [6.45, 7) is 2.16. The first-order chi connectivity index (χ1) is 7.31. The van der Waals surface area contributed by atoms with Gasteiger partial charge >= 0.3 is 0 Å². The molecular formula is C12H12ClO2. The Kier molecular flexibility index (Phi) is 3.17. The number of para-hydroxylation sites is 1. The fourth-order valence-electron chi connectivity index (χ4n) is 1.53. The summed E-state index contributed by atoms with van der Waals surface area (Å²) in [5.41, 5.74) is 1.13. The molecule has 0 fully saturated rings. The van der Waals surface area contributed by atoms with E-state index in [4.69, 9.17) is 21.1 Å². The van der Waals surface area contributed by atoms with E-state index in [-0.39, 0.29) is 5.22 Å². The minimum atomic E-state index is 0.159. The molecule has 0 amide bonds. The molecule has 0 atom stereocenters. The molecule has 0 unspecified atom stereocenters. The second-order valence-corrected chi connectivity index (χ2v) is 3.77. The lowest BCUT2D eigenvalue weighted by molar-refractivity contribution is 0.328. The number of rotatable bonds is 3. The zero-order valence-corrected chi connectivity index (χ0v) is 9.30. The smallest absolute Gasteiger partial charge is 0.240 e. The molecule has 0 saturated heterocycles. The van der Waals surface area contributed by atoms with Crippen LogP contribution in [0.4, 0.5) is 0 Å². The van der Waals surface area contributed by atoms with E-state index in [1.165, 1.54) is 0 Å². The van der Waals surface area contributed by atoms with Gasteiger partial charge in [0.05, 0.1) is 0 Å². The zero-order chi connectivity index (χ0) is 10.7. The minimum Gasteiger partial charge on any atom is -0.444 e. The molecule has 0 bridgehead atoms. The Hall–Kier alpha value is -1.15. The van der Waals surface area contributed by atoms with Gasteiger partial charge in [-0.05, 0) is 36.1 Å². The molecule has 15 heavy (non-hydrogen) atoms. The molecule has 0 spiro atoms. The first-order valence-corrected chi connectivity index (χ1v) is 5.44. The second-order valence-electron chi connectivity index (χ2n) is 3.43. The molecule has 1 aromatic rings. The maximum Gasteiger partial charge on any atom is 0.240 e. The topological polar surface area (TPSA) is 18.5 Å². The van der Waals surface area contributed by atoms with Crippen LogP contribution in [0, 0.1) is 6.26 Å². The van der Waals surface area contributed by atoms with E-state index in [9.17, 15) is 0 Å². The van der Waals surface area contributed by atoms with Gasteiger partial charge in [0, 0.05) is 0 Å². The molecule has 0 N–H and O–H groups in total. The predicted molar refractivity (Wildman–Crippen MR) is 58.9 cm³/mol. The molecule has 2 rings (SSSR count). The molecule has 1 heterocycles. The van der Waals surface area contributed by atoms with E-state index < -0.39 is 0 Å². The first kappa shape index (κ1) is 10.4. The van der Waals surface area contributed by atoms with Crippen LogP contribution in [0.5, 0.6) is 11.5 Å². The van der Waals surface area contributed by atoms with Crippen molar-refractivity contribution in [3.63, 3.8) is 0 Å². The molecule has 3 heteroatoms. The summed E-state index contributed by atoms with van der Waals surface area (Å²) in [6, 6.07) is 5.84. The van der Waals surface area contributed by atoms with Gasteiger partial charge in [-0.2, -0.15) is 0 Å². The number of unbranched alkanes of at least 4 members (excludes halogenated alkanes) is 1. The van der Waals surface area contributed by atoms with Crippen LogP contribution in [0.3, 0.4) is 0 Å². The highest BCUT2D eigenvalue weighted by molar-refractivity contribution is 6.28. The summed E-state index contributed by atoms with van der Waals surface area (Å²) in [5.74, 6) is 1.42. The number of halogens is 1. The van der Waals surface area contributed by atoms with Crippen molar-refractivity contribution in [3.8, 4) is 11.5 Å². The van der Waals surface area contributed by atoms with Crippen LogP contribution in [0.15, 0.2) is 23.4 Å². The summed E-state index contributed by atoms with van der Waals surface area (Å²) in [7, 11) is 0. The summed E-state index contributed by atoms with van der Waals surface area (Å²) in [4.78, 5) is 0. The Labute approximate surface area is 94.5 Å². The Morgan fingerprint density at radius 1 is 1.40 bits per heavy atom. The molecule has 1 aromatic carbocycles. The standard InChI is InChI=1S/C12H12ClO2/c1-2-3-5-9-6-4-7-10-12(9)15-11(13)8-14-10/h4,6-7H,2-3,5H2,1H3. The van der Waals surface area contributed by atoms with Gasteiger partial charge in [-0.1, -0.05) is 25.5 Å². The van der Waals surface area contributed by atoms with Crippen LogP contribution in [0.2, 0.25) is 0 Å². The highest BCUT2D eigenvalue weighted by Crippen LogP contribution is 2.36. The largest absolute Gasteiger partial charge is 0.444 e.